The number of hydrogen-bond acceptors (Lipinski definition) is 8. The zero-order valence-electron chi connectivity index (χ0n) is 28.5. The first kappa shape index (κ1) is 35.7. The molecule has 4 aromatic heterocycles. The first-order valence-electron chi connectivity index (χ1n) is 16.9. The summed E-state index contributed by atoms with van der Waals surface area (Å²) in [6, 6.07) is 48.5. The summed E-state index contributed by atoms with van der Waals surface area (Å²) in [6.45, 7) is 1.43. The Hall–Kier alpha value is -6.71. The molecule has 0 bridgehead atoms. The number of pyridine rings is 2. The van der Waals surface area contributed by atoms with Crippen LogP contribution in [0.3, 0.4) is 0 Å². The topological polar surface area (TPSA) is 148 Å². The molecular weight excluding hydrogens is 766 g/mol. The van der Waals surface area contributed by atoms with Crippen LogP contribution >= 0.6 is 0 Å². The number of carboxylic acid groups (broad SMARTS) is 1. The second-order valence-corrected chi connectivity index (χ2v) is 12.3. The maximum Gasteiger partial charge on any atom is 3.00 e. The van der Waals surface area contributed by atoms with Crippen molar-refractivity contribution in [2.45, 2.75) is 13.1 Å². The molecule has 9 rings (SSSR count). The van der Waals surface area contributed by atoms with Gasteiger partial charge in [-0.25, -0.2) is 19.9 Å². The molecule has 0 spiro atoms. The van der Waals surface area contributed by atoms with Crippen LogP contribution in [-0.4, -0.2) is 35.0 Å². The van der Waals surface area contributed by atoms with Crippen LogP contribution < -0.4 is 15.3 Å². The molecule has 0 aliphatic carbocycles. The number of fused-ring (bicyclic) bond motifs is 3. The van der Waals surface area contributed by atoms with Gasteiger partial charge in [0.25, 0.3) is 0 Å². The van der Waals surface area contributed by atoms with E-state index in [0.29, 0.717) is 0 Å². The van der Waals surface area contributed by atoms with E-state index in [9.17, 15) is 20.1 Å². The first-order valence-corrected chi connectivity index (χ1v) is 16.9. The Bertz CT molecular complexity index is 2610. The third-order valence-electron chi connectivity index (χ3n) is 8.86. The number of carbonyl (C=O) groups excluding carboxylic acids is 1. The van der Waals surface area contributed by atoms with Gasteiger partial charge in [-0.1, -0.05) is 121 Å². The van der Waals surface area contributed by atoms with Crippen molar-refractivity contribution >= 4 is 38.9 Å². The van der Waals surface area contributed by atoms with Gasteiger partial charge >= 0.3 is 19.5 Å². The van der Waals surface area contributed by atoms with Crippen molar-refractivity contribution in [2.75, 3.05) is 0 Å². The molecule has 0 amide bonds. The summed E-state index contributed by atoms with van der Waals surface area (Å²) in [5.74, 6) is -0.896. The minimum Gasteiger partial charge on any atom is -0.872 e. The molecule has 5 aromatic carbocycles. The Morgan fingerprint density at radius 1 is 0.519 bits per heavy atom. The molecule has 0 atom stereocenters. The van der Waals surface area contributed by atoms with E-state index in [1.807, 2.05) is 36.4 Å². The molecule has 54 heavy (non-hydrogen) atoms. The second kappa shape index (κ2) is 15.5. The summed E-state index contributed by atoms with van der Waals surface area (Å²) in [4.78, 5) is 29.2. The number of imidazole rings is 2. The average Bonchev–Trinajstić information content (AvgIpc) is 3.74. The summed E-state index contributed by atoms with van der Waals surface area (Å²) in [5, 5.41) is 33.3. The van der Waals surface area contributed by atoms with E-state index in [1.165, 1.54) is 29.3 Å². The molecule has 9 aromatic rings. The van der Waals surface area contributed by atoms with Gasteiger partial charge in [0, 0.05) is 13.1 Å². The molecule has 0 aliphatic heterocycles. The van der Waals surface area contributed by atoms with Crippen LogP contribution in [0, 0.1) is 0 Å². The number of carboxylic acids is 1. The number of nitrogens with zero attached hydrogens (tertiary/aromatic N) is 6. The summed E-state index contributed by atoms with van der Waals surface area (Å²) in [6.07, 6.45) is 0. The fraction of sp³-hybridized carbons (Fsp3) is 0.0465. The number of benzene rings is 5. The largest absolute Gasteiger partial charge is 3.00 e. The standard InChI is InChI=1S/C33H25N5.C10H7NO4.Ru/c1-3-12-24(13-4-1)22-37-30-20-9-7-16-26(30)35-32(37)28-18-11-19-29(34-28)33-36-27-17-8-10-21-31(27)38(33)23-25-14-5-2-6-15-25;12-7-3-1-2-5-8(13)4-6(10(14)15)11-9(5)7;/h1-21H,22-23H2;1-4,12H,(H,11,13)(H,14,15);/q;;+3/p-3. The smallest absolute Gasteiger partial charge is 0.872 e. The van der Waals surface area contributed by atoms with Gasteiger partial charge < -0.3 is 29.2 Å². The van der Waals surface area contributed by atoms with Crippen molar-refractivity contribution in [1.29, 1.82) is 0 Å². The normalized spacial score (nSPS) is 10.9. The molecule has 0 unspecified atom stereocenters. The molecule has 263 valence electrons. The van der Waals surface area contributed by atoms with Crippen molar-refractivity contribution in [3.8, 4) is 34.5 Å². The number of hydrogen-bond donors (Lipinski definition) is 0. The SMILES string of the molecule is O=C([O-])c1cc([O-])c2cccc([O-])c2n1.[Ru+3].c1ccc(Cn2c(-c3cccc(-c4nc5ccccc5n4Cc4ccccc4)n3)nc3ccccc32)cc1. The third-order valence-corrected chi connectivity index (χ3v) is 8.86. The minimum atomic E-state index is -1.57. The van der Waals surface area contributed by atoms with Gasteiger partial charge in [0.1, 0.15) is 11.4 Å². The Kier molecular flexibility index (Phi) is 10.2. The van der Waals surface area contributed by atoms with Crippen molar-refractivity contribution < 1.29 is 39.6 Å². The van der Waals surface area contributed by atoms with E-state index in [2.05, 4.69) is 105 Å². The first-order chi connectivity index (χ1) is 25.9. The molecular formula is C43H29N6O4Ru. The Labute approximate surface area is 322 Å². The third kappa shape index (κ3) is 7.17. The Morgan fingerprint density at radius 2 is 1.00 bits per heavy atom. The number of aromatic carboxylic acids is 1. The summed E-state index contributed by atoms with van der Waals surface area (Å²) in [7, 11) is 0. The van der Waals surface area contributed by atoms with Gasteiger partial charge in [-0.2, -0.15) is 0 Å². The monoisotopic (exact) mass is 795 g/mol. The molecule has 4 heterocycles. The van der Waals surface area contributed by atoms with Gasteiger partial charge in [0.2, 0.25) is 0 Å². The molecule has 0 fully saturated rings. The zero-order valence-corrected chi connectivity index (χ0v) is 30.3. The average molecular weight is 795 g/mol. The number of rotatable bonds is 7. The fourth-order valence-electron chi connectivity index (χ4n) is 6.37. The molecule has 0 saturated carbocycles. The van der Waals surface area contributed by atoms with E-state index in [1.54, 1.807) is 0 Å². The van der Waals surface area contributed by atoms with Crippen LogP contribution in [0.15, 0.2) is 152 Å². The molecule has 0 N–H and O–H groups in total. The minimum absolute atomic E-state index is 0. The predicted octanol–water partition coefficient (Wildman–Crippen LogP) is 5.95. The summed E-state index contributed by atoms with van der Waals surface area (Å²) >= 11 is 0. The van der Waals surface area contributed by atoms with Crippen molar-refractivity contribution in [3.05, 3.63) is 168 Å². The molecule has 10 nitrogen and oxygen atoms in total. The molecule has 1 radical (unpaired) electrons. The van der Waals surface area contributed by atoms with Gasteiger partial charge in [0.15, 0.2) is 11.6 Å². The Balaban J connectivity index is 0.000000237. The van der Waals surface area contributed by atoms with Crippen molar-refractivity contribution in [2.24, 2.45) is 0 Å². The van der Waals surface area contributed by atoms with Gasteiger partial charge in [-0.05, 0) is 59.0 Å². The van der Waals surface area contributed by atoms with Crippen LogP contribution in [-0.2, 0) is 32.6 Å². The maximum atomic E-state index is 11.4. The van der Waals surface area contributed by atoms with E-state index < -0.39 is 23.2 Å². The molecule has 0 aliphatic rings. The number of carbonyl (C=O) groups is 1. The second-order valence-electron chi connectivity index (χ2n) is 12.3. The van der Waals surface area contributed by atoms with Crippen molar-refractivity contribution in [1.82, 2.24) is 29.1 Å². The number of para-hydroxylation sites is 5. The maximum absolute atomic E-state index is 11.4. The quantitative estimate of drug-likeness (QED) is 0.180. The molecule has 11 heteroatoms. The van der Waals surface area contributed by atoms with E-state index in [-0.39, 0.29) is 30.4 Å². The van der Waals surface area contributed by atoms with E-state index in [4.69, 9.17) is 15.0 Å². The summed E-state index contributed by atoms with van der Waals surface area (Å²) in [5.41, 5.74) is 7.55. The van der Waals surface area contributed by atoms with Gasteiger partial charge in [-0.15, -0.1) is 0 Å². The van der Waals surface area contributed by atoms with Crippen LogP contribution in [0.5, 0.6) is 11.5 Å². The number of aromatic nitrogens is 6. The van der Waals surface area contributed by atoms with Crippen LogP contribution in [0.4, 0.5) is 0 Å². The Morgan fingerprint density at radius 3 is 1.52 bits per heavy atom. The summed E-state index contributed by atoms with van der Waals surface area (Å²) < 4.78 is 4.51. The predicted molar refractivity (Wildman–Crippen MR) is 198 cm³/mol. The van der Waals surface area contributed by atoms with E-state index in [0.717, 1.165) is 64.3 Å². The zero-order chi connectivity index (χ0) is 36.3. The van der Waals surface area contributed by atoms with Crippen molar-refractivity contribution in [3.63, 3.8) is 0 Å². The van der Waals surface area contributed by atoms with E-state index >= 15 is 0 Å². The van der Waals surface area contributed by atoms with Crippen LogP contribution in [0.2, 0.25) is 0 Å². The van der Waals surface area contributed by atoms with Crippen LogP contribution in [0.1, 0.15) is 21.6 Å². The van der Waals surface area contributed by atoms with Crippen LogP contribution in [0.25, 0.3) is 56.0 Å². The fourth-order valence-corrected chi connectivity index (χ4v) is 6.37. The molecule has 0 saturated heterocycles. The van der Waals surface area contributed by atoms with Gasteiger partial charge in [0.05, 0.1) is 39.2 Å². The van der Waals surface area contributed by atoms with Gasteiger partial charge in [-0.3, -0.25) is 0 Å².